The largest absolute Gasteiger partial charge is 0.310 e. The van der Waals surface area contributed by atoms with Crippen LogP contribution in [0.2, 0.25) is 0 Å². The van der Waals surface area contributed by atoms with Gasteiger partial charge in [0.1, 0.15) is 0 Å². The maximum atomic E-state index is 2.63. The second-order valence-electron chi connectivity index (χ2n) is 20.0. The zero-order valence-corrected chi connectivity index (χ0v) is 42.3. The molecule has 0 spiro atoms. The molecule has 0 amide bonds. The highest BCUT2D eigenvalue weighted by molar-refractivity contribution is 8.00. The van der Waals surface area contributed by atoms with Crippen LogP contribution in [-0.2, 0) is 0 Å². The summed E-state index contributed by atoms with van der Waals surface area (Å²) >= 11 is 1.91. The number of nitrogens with zero attached hydrogens (tertiary/aromatic N) is 2. The lowest BCUT2D eigenvalue weighted by Gasteiger charge is -2.42. The summed E-state index contributed by atoms with van der Waals surface area (Å²) in [4.78, 5) is 5.17. The van der Waals surface area contributed by atoms with Crippen molar-refractivity contribution in [3.05, 3.63) is 285 Å². The van der Waals surface area contributed by atoms with Crippen molar-refractivity contribution in [1.29, 1.82) is 0 Å². The molecular weight excluding hydrogens is 936 g/mol. The van der Waals surface area contributed by atoms with E-state index in [1.807, 2.05) is 11.8 Å². The summed E-state index contributed by atoms with van der Waals surface area (Å²) in [5, 5.41) is 2.45. The molecule has 0 saturated carbocycles. The first-order valence-electron chi connectivity index (χ1n) is 26.2. The van der Waals surface area contributed by atoms with E-state index in [-0.39, 0.29) is 6.71 Å². The predicted molar refractivity (Wildman–Crippen MR) is 323 cm³/mol. The summed E-state index contributed by atoms with van der Waals surface area (Å²) in [6.07, 6.45) is 0. The van der Waals surface area contributed by atoms with Gasteiger partial charge in [-0.15, -0.1) is 0 Å². The number of para-hydroxylation sites is 1. The molecule has 13 aromatic rings. The minimum absolute atomic E-state index is 0.0575. The van der Waals surface area contributed by atoms with Gasteiger partial charge in [0, 0.05) is 48.8 Å². The summed E-state index contributed by atoms with van der Waals surface area (Å²) in [6.45, 7) is -0.0575. The molecule has 0 aliphatic carbocycles. The fraction of sp³-hybridized carbons (Fsp3) is 0. The van der Waals surface area contributed by atoms with E-state index in [0.717, 1.165) is 11.4 Å². The topological polar surface area (TPSA) is 8.17 Å². The van der Waals surface area contributed by atoms with E-state index >= 15 is 0 Å². The van der Waals surface area contributed by atoms with Crippen LogP contribution < -0.4 is 21.3 Å². The Morgan fingerprint density at radius 2 is 0.711 bits per heavy atom. The maximum Gasteiger partial charge on any atom is 0.249 e. The summed E-state index contributed by atoms with van der Waals surface area (Å²) in [6, 6.07) is 106. The van der Waals surface area contributed by atoms with Gasteiger partial charge >= 0.3 is 0 Å². The lowest BCUT2D eigenvalue weighted by molar-refractivity contribution is 1.15. The Morgan fingerprint density at radius 3 is 1.20 bits per heavy atom. The molecule has 0 saturated heterocycles. The molecule has 0 N–H and O–H groups in total. The van der Waals surface area contributed by atoms with Crippen LogP contribution in [0.15, 0.2) is 295 Å². The Kier molecular flexibility index (Phi) is 10.6. The van der Waals surface area contributed by atoms with Crippen molar-refractivity contribution in [3.8, 4) is 72.4 Å². The Balaban J connectivity index is 1.06. The Bertz CT molecular complexity index is 4190. The molecule has 4 heteroatoms. The molecule has 354 valence electrons. The summed E-state index contributed by atoms with van der Waals surface area (Å²) < 4.78 is 2.53. The molecule has 0 bridgehead atoms. The molecule has 0 fully saturated rings. The number of aromatic nitrogens is 1. The highest BCUT2D eigenvalue weighted by Gasteiger charge is 2.43. The first-order valence-corrected chi connectivity index (χ1v) is 27.0. The van der Waals surface area contributed by atoms with E-state index < -0.39 is 0 Å². The molecule has 2 aliphatic heterocycles. The normalized spacial score (nSPS) is 12.4. The third kappa shape index (κ3) is 7.36. The highest BCUT2D eigenvalue weighted by atomic mass is 32.2. The van der Waals surface area contributed by atoms with Crippen LogP contribution in [0, 0.1) is 0 Å². The molecular formula is C72H47BN2S. The van der Waals surface area contributed by atoms with Crippen molar-refractivity contribution >= 4 is 73.7 Å². The zero-order chi connectivity index (χ0) is 50.1. The summed E-state index contributed by atoms with van der Waals surface area (Å²) in [5.74, 6) is 0. The van der Waals surface area contributed by atoms with Crippen molar-refractivity contribution in [3.63, 3.8) is 0 Å². The van der Waals surface area contributed by atoms with E-state index in [2.05, 4.69) is 295 Å². The zero-order valence-electron chi connectivity index (χ0n) is 41.5. The highest BCUT2D eigenvalue weighted by Crippen LogP contribution is 2.51. The van der Waals surface area contributed by atoms with Crippen LogP contribution in [0.4, 0.5) is 17.1 Å². The first-order chi connectivity index (χ1) is 37.7. The lowest BCUT2D eigenvalue weighted by atomic mass is 9.34. The first kappa shape index (κ1) is 44.2. The fourth-order valence-corrected chi connectivity index (χ4v) is 13.3. The quantitative estimate of drug-likeness (QED) is 0.140. The maximum absolute atomic E-state index is 2.63. The minimum atomic E-state index is -0.0575. The van der Waals surface area contributed by atoms with Gasteiger partial charge in [0.2, 0.25) is 6.71 Å². The average molecular weight is 983 g/mol. The van der Waals surface area contributed by atoms with Gasteiger partial charge in [-0.25, -0.2) is 0 Å². The number of benzene rings is 12. The van der Waals surface area contributed by atoms with Crippen LogP contribution in [0.3, 0.4) is 0 Å². The number of fused-ring (bicyclic) bond motifs is 7. The van der Waals surface area contributed by atoms with Gasteiger partial charge in [0.05, 0.1) is 16.7 Å². The number of hydrogen-bond donors (Lipinski definition) is 0. The molecule has 2 nitrogen and oxygen atoms in total. The summed E-state index contributed by atoms with van der Waals surface area (Å²) in [5.41, 5.74) is 25.2. The van der Waals surface area contributed by atoms with E-state index in [4.69, 9.17) is 0 Å². The fourth-order valence-electron chi connectivity index (χ4n) is 12.1. The van der Waals surface area contributed by atoms with Gasteiger partial charge in [0.15, 0.2) is 0 Å². The molecule has 1 aromatic heterocycles. The predicted octanol–water partition coefficient (Wildman–Crippen LogP) is 17.5. The standard InChI is InChI=1S/C72H47BN2S/c1-7-20-48(21-8-1)54-34-38-65-61(42-54)62-43-55(49-22-9-2-10-23-49)35-39-66(62)74(65)58-46-68-71-70(47-58)76-69-41-37-57(51-26-13-4-14-27-51)45-64(69)73(71)63-44-56(50-24-11-3-12-25-50)36-40-67(63)75(68)72-59(52-28-15-5-16-29-52)32-19-33-60(72)53-30-17-6-18-31-53/h1-47H. The van der Waals surface area contributed by atoms with Gasteiger partial charge in [-0.1, -0.05) is 254 Å². The average Bonchev–Trinajstić information content (AvgIpc) is 3.89. The van der Waals surface area contributed by atoms with Crippen molar-refractivity contribution in [1.82, 2.24) is 4.57 Å². The Morgan fingerprint density at radius 1 is 0.289 bits per heavy atom. The summed E-state index contributed by atoms with van der Waals surface area (Å²) in [7, 11) is 0. The van der Waals surface area contributed by atoms with Crippen molar-refractivity contribution in [2.45, 2.75) is 9.79 Å². The Labute approximate surface area is 447 Å². The van der Waals surface area contributed by atoms with Crippen LogP contribution in [0.5, 0.6) is 0 Å². The second kappa shape index (κ2) is 18.2. The molecule has 2 aliphatic rings. The van der Waals surface area contributed by atoms with Gasteiger partial charge in [-0.05, 0) is 115 Å². The number of hydrogen-bond acceptors (Lipinski definition) is 2. The molecule has 0 unspecified atom stereocenters. The molecule has 15 rings (SSSR count). The number of rotatable bonds is 8. The number of anilines is 3. The van der Waals surface area contributed by atoms with Crippen molar-refractivity contribution < 1.29 is 0 Å². The van der Waals surface area contributed by atoms with Crippen LogP contribution in [0.25, 0.3) is 94.3 Å². The third-order valence-electron chi connectivity index (χ3n) is 15.6. The lowest BCUT2D eigenvalue weighted by Crippen LogP contribution is -2.60. The van der Waals surface area contributed by atoms with Gasteiger partial charge in [-0.2, -0.15) is 0 Å². The SMILES string of the molecule is c1ccc(-c2ccc3c(c2)B2c4cc(-c5ccccc5)ccc4N(c4c(-c5ccccc5)cccc4-c4ccccc4)c4cc(-n5c6ccc(-c7ccccc7)cc6c6cc(-c7ccccc7)ccc65)cc(c42)S3)cc1. The van der Waals surface area contributed by atoms with Gasteiger partial charge < -0.3 is 9.47 Å². The van der Waals surface area contributed by atoms with Crippen LogP contribution >= 0.6 is 11.8 Å². The third-order valence-corrected chi connectivity index (χ3v) is 16.8. The van der Waals surface area contributed by atoms with Gasteiger partial charge in [0.25, 0.3) is 0 Å². The molecule has 0 atom stereocenters. The van der Waals surface area contributed by atoms with Gasteiger partial charge in [-0.3, -0.25) is 0 Å². The van der Waals surface area contributed by atoms with E-state index in [1.54, 1.807) is 0 Å². The molecule has 3 heterocycles. The van der Waals surface area contributed by atoms with E-state index in [0.29, 0.717) is 0 Å². The van der Waals surface area contributed by atoms with Crippen molar-refractivity contribution in [2.24, 2.45) is 0 Å². The molecule has 12 aromatic carbocycles. The molecule has 76 heavy (non-hydrogen) atoms. The monoisotopic (exact) mass is 982 g/mol. The van der Waals surface area contributed by atoms with Crippen LogP contribution in [-0.4, -0.2) is 11.3 Å². The van der Waals surface area contributed by atoms with Crippen molar-refractivity contribution in [2.75, 3.05) is 4.90 Å². The molecule has 0 radical (unpaired) electrons. The Hall–Kier alpha value is -9.35. The van der Waals surface area contributed by atoms with E-state index in [9.17, 15) is 0 Å². The van der Waals surface area contributed by atoms with Crippen LogP contribution in [0.1, 0.15) is 0 Å². The van der Waals surface area contributed by atoms with E-state index in [1.165, 1.54) is 126 Å². The second-order valence-corrected chi connectivity index (χ2v) is 21.1. The smallest absolute Gasteiger partial charge is 0.249 e. The minimum Gasteiger partial charge on any atom is -0.310 e.